The number of likely N-dealkylation sites (tertiary alicyclic amines) is 1. The Labute approximate surface area is 253 Å². The van der Waals surface area contributed by atoms with E-state index in [1.807, 2.05) is 4.90 Å². The summed E-state index contributed by atoms with van der Waals surface area (Å²) in [4.78, 5) is 23.8. The van der Waals surface area contributed by atoms with Gasteiger partial charge < -0.3 is 20.2 Å². The van der Waals surface area contributed by atoms with E-state index >= 15 is 0 Å². The Hall–Kier alpha value is -3.88. The first-order valence-electron chi connectivity index (χ1n) is 13.7. The summed E-state index contributed by atoms with van der Waals surface area (Å²) >= 11 is 6.62. The van der Waals surface area contributed by atoms with E-state index in [9.17, 15) is 26.7 Å². The molecule has 2 aromatic carbocycles. The number of sulfone groups is 1. The molecule has 0 unspecified atom stereocenters. The first-order chi connectivity index (χ1) is 20.5. The fourth-order valence-electron chi connectivity index (χ4n) is 5.60. The summed E-state index contributed by atoms with van der Waals surface area (Å²) in [5.41, 5.74) is 1.72. The van der Waals surface area contributed by atoms with E-state index in [0.717, 1.165) is 6.42 Å². The molecule has 1 atom stereocenters. The van der Waals surface area contributed by atoms with E-state index in [2.05, 4.69) is 15.3 Å². The summed E-state index contributed by atoms with van der Waals surface area (Å²) in [5, 5.41) is 13.4. The third-order valence-corrected chi connectivity index (χ3v) is 11.3. The Morgan fingerprint density at radius 1 is 1.05 bits per heavy atom. The highest BCUT2D eigenvalue weighted by atomic mass is 35.5. The van der Waals surface area contributed by atoms with Crippen molar-refractivity contribution in [3.8, 4) is 11.3 Å². The molecule has 2 aliphatic rings. The molecule has 0 saturated carbocycles. The van der Waals surface area contributed by atoms with Crippen LogP contribution in [0.15, 0.2) is 65.8 Å². The fourth-order valence-corrected chi connectivity index (χ4v) is 8.40. The molecule has 6 rings (SSSR count). The van der Waals surface area contributed by atoms with Gasteiger partial charge in [0.25, 0.3) is 10.0 Å². The number of nitrogens with one attached hydrogen (secondary N) is 1. The molecule has 0 radical (unpaired) electrons. The first kappa shape index (κ1) is 29.2. The Kier molecular flexibility index (Phi) is 7.69. The molecule has 2 N–H and O–H groups in total. The van der Waals surface area contributed by atoms with Crippen LogP contribution in [-0.2, 0) is 19.9 Å². The van der Waals surface area contributed by atoms with Gasteiger partial charge in [0.15, 0.2) is 9.84 Å². The Balaban J connectivity index is 1.48. The second-order valence-corrected chi connectivity index (χ2v) is 15.1. The Morgan fingerprint density at radius 2 is 1.79 bits per heavy atom. The van der Waals surface area contributed by atoms with Crippen molar-refractivity contribution in [1.82, 2.24) is 18.8 Å². The van der Waals surface area contributed by atoms with E-state index < -0.39 is 26.0 Å². The van der Waals surface area contributed by atoms with Crippen molar-refractivity contribution in [1.29, 1.82) is 0 Å². The molecule has 43 heavy (non-hydrogen) atoms. The number of anilines is 2. The lowest BCUT2D eigenvalue weighted by atomic mass is 10.1. The molecule has 4 aromatic rings. The molecule has 0 spiro atoms. The third kappa shape index (κ3) is 5.74. The Morgan fingerprint density at radius 3 is 2.51 bits per heavy atom. The normalized spacial score (nSPS) is 19.0. The van der Waals surface area contributed by atoms with Gasteiger partial charge in [-0.15, -0.1) is 0 Å². The number of carboxylic acid groups (broad SMARTS) is 1. The van der Waals surface area contributed by atoms with E-state index in [0.29, 0.717) is 40.8 Å². The van der Waals surface area contributed by atoms with Crippen molar-refractivity contribution in [2.45, 2.75) is 23.8 Å². The van der Waals surface area contributed by atoms with Gasteiger partial charge in [0.05, 0.1) is 44.5 Å². The molecule has 4 heterocycles. The minimum atomic E-state index is -4.09. The van der Waals surface area contributed by atoms with Gasteiger partial charge in [-0.05, 0) is 31.0 Å². The molecule has 15 heteroatoms. The molecule has 0 aliphatic carbocycles. The molecule has 12 nitrogen and oxygen atoms in total. The van der Waals surface area contributed by atoms with Gasteiger partial charge in [-0.25, -0.2) is 35.6 Å². The van der Waals surface area contributed by atoms with Gasteiger partial charge in [-0.2, -0.15) is 0 Å². The zero-order valence-corrected chi connectivity index (χ0v) is 25.3. The molecule has 0 bridgehead atoms. The number of rotatable bonds is 6. The summed E-state index contributed by atoms with van der Waals surface area (Å²) in [6.45, 7) is 1.19. The number of aromatic nitrogens is 3. The maximum atomic E-state index is 14.0. The number of nitrogens with zero attached hydrogens (tertiary/aromatic N) is 5. The predicted octanol–water partition coefficient (Wildman–Crippen LogP) is 3.78. The van der Waals surface area contributed by atoms with Crippen LogP contribution in [0.5, 0.6) is 0 Å². The van der Waals surface area contributed by atoms with Crippen LogP contribution in [0.25, 0.3) is 22.2 Å². The van der Waals surface area contributed by atoms with Crippen LogP contribution in [0.3, 0.4) is 0 Å². The average molecular weight is 645 g/mol. The van der Waals surface area contributed by atoms with Crippen molar-refractivity contribution < 1.29 is 26.7 Å². The lowest BCUT2D eigenvalue weighted by Gasteiger charge is -2.31. The summed E-state index contributed by atoms with van der Waals surface area (Å²) in [7, 11) is -7.26. The summed E-state index contributed by atoms with van der Waals surface area (Å²) in [5.74, 6) is 0.173. The van der Waals surface area contributed by atoms with Gasteiger partial charge in [0.1, 0.15) is 0 Å². The number of piperidine rings is 1. The number of carbonyl (C=O) groups is 1. The summed E-state index contributed by atoms with van der Waals surface area (Å²) in [6, 6.07) is 13.2. The maximum Gasteiger partial charge on any atom is 0.407 e. The zero-order chi connectivity index (χ0) is 30.4. The van der Waals surface area contributed by atoms with Gasteiger partial charge in [0, 0.05) is 49.4 Å². The fraction of sp³-hybridized carbons (Fsp3) is 0.321. The lowest BCUT2D eigenvalue weighted by Crippen LogP contribution is -2.44. The van der Waals surface area contributed by atoms with Crippen molar-refractivity contribution in [3.63, 3.8) is 0 Å². The van der Waals surface area contributed by atoms with Crippen LogP contribution in [-0.4, -0.2) is 90.6 Å². The van der Waals surface area contributed by atoms with Crippen LogP contribution in [0, 0.1) is 0 Å². The van der Waals surface area contributed by atoms with Gasteiger partial charge >= 0.3 is 6.09 Å². The standard InChI is InChI=1S/C28H29ClN6O6S2/c29-23-16-30-27(31-19-6-5-11-34(17-19)28(36)37)32-25(23)22-18-35(43(40,41)20-7-2-1-3-8-20)26-21(22)9-4-10-24(26)33-12-14-42(38,39)15-13-33/h1-4,7-10,16,18-19H,5-6,11-15,17H2,(H,36,37)(H,30,31,32)/t19-/m0/s1. The zero-order valence-electron chi connectivity index (χ0n) is 22.9. The van der Waals surface area contributed by atoms with Crippen LogP contribution >= 0.6 is 11.6 Å². The second kappa shape index (κ2) is 11.3. The number of halogens is 1. The van der Waals surface area contributed by atoms with Crippen LogP contribution in [0.4, 0.5) is 16.4 Å². The number of hydrogen-bond acceptors (Lipinski definition) is 9. The maximum absolute atomic E-state index is 14.0. The number of para-hydroxylation sites is 1. The van der Waals surface area contributed by atoms with Crippen molar-refractivity contribution in [3.05, 3.63) is 65.9 Å². The first-order valence-corrected chi connectivity index (χ1v) is 17.3. The van der Waals surface area contributed by atoms with E-state index in [4.69, 9.17) is 11.6 Å². The van der Waals surface area contributed by atoms with Crippen molar-refractivity contribution in [2.24, 2.45) is 0 Å². The number of benzene rings is 2. The average Bonchev–Trinajstić information content (AvgIpc) is 3.39. The van der Waals surface area contributed by atoms with Gasteiger partial charge in [-0.3, -0.25) is 0 Å². The SMILES string of the molecule is O=C(O)N1CCC[C@H](Nc2ncc(Cl)c(-c3cn(S(=O)(=O)c4ccccc4)c4c(N5CCS(=O)(=O)CC5)cccc34)n2)C1. The highest BCUT2D eigenvalue weighted by Gasteiger charge is 2.30. The van der Waals surface area contributed by atoms with E-state index in [1.54, 1.807) is 36.4 Å². The number of amides is 1. The smallest absolute Gasteiger partial charge is 0.407 e. The highest BCUT2D eigenvalue weighted by Crippen LogP contribution is 2.40. The molecule has 2 saturated heterocycles. The number of hydrogen-bond donors (Lipinski definition) is 2. The van der Waals surface area contributed by atoms with Gasteiger partial charge in [0.2, 0.25) is 5.95 Å². The third-order valence-electron chi connectivity index (χ3n) is 7.78. The van der Waals surface area contributed by atoms with Crippen LogP contribution in [0.2, 0.25) is 5.02 Å². The molecule has 226 valence electrons. The van der Waals surface area contributed by atoms with Crippen LogP contribution < -0.4 is 10.2 Å². The van der Waals surface area contributed by atoms with Crippen LogP contribution in [0.1, 0.15) is 12.8 Å². The van der Waals surface area contributed by atoms with Crippen molar-refractivity contribution >= 4 is 60.1 Å². The molecule has 2 aromatic heterocycles. The molecular formula is C28H29ClN6O6S2. The molecule has 2 aliphatic heterocycles. The highest BCUT2D eigenvalue weighted by molar-refractivity contribution is 7.91. The van der Waals surface area contributed by atoms with E-state index in [-0.39, 0.29) is 53.0 Å². The predicted molar refractivity (Wildman–Crippen MR) is 164 cm³/mol. The summed E-state index contributed by atoms with van der Waals surface area (Å²) in [6.07, 6.45) is 3.35. The quantitative estimate of drug-likeness (QED) is 0.317. The molecule has 2 fully saturated rings. The Bertz CT molecular complexity index is 1900. The monoisotopic (exact) mass is 644 g/mol. The lowest BCUT2D eigenvalue weighted by molar-refractivity contribution is 0.132. The minimum absolute atomic E-state index is 0.0321. The summed E-state index contributed by atoms with van der Waals surface area (Å²) < 4.78 is 53.6. The topological polar surface area (TPSA) is 155 Å². The largest absolute Gasteiger partial charge is 0.465 e. The minimum Gasteiger partial charge on any atom is -0.465 e. The van der Waals surface area contributed by atoms with Gasteiger partial charge in [-0.1, -0.05) is 41.9 Å². The molecular weight excluding hydrogens is 616 g/mol. The second-order valence-electron chi connectivity index (χ2n) is 10.6. The van der Waals surface area contributed by atoms with Crippen molar-refractivity contribution in [2.75, 3.05) is 47.9 Å². The van der Waals surface area contributed by atoms with E-state index in [1.165, 1.54) is 33.4 Å². The number of fused-ring (bicyclic) bond motifs is 1. The molecule has 1 amide bonds.